The number of likely N-dealkylation sites (N-methyl/N-ethyl adjacent to an activating group) is 1. The second-order valence-corrected chi connectivity index (χ2v) is 5.24. The highest BCUT2D eigenvalue weighted by Crippen LogP contribution is 2.35. The first-order valence-corrected chi connectivity index (χ1v) is 6.76. The number of nitrogens with one attached hydrogen (secondary N) is 1. The van der Waals surface area contributed by atoms with Crippen LogP contribution in [0.25, 0.3) is 0 Å². The number of benzene rings is 1. The maximum absolute atomic E-state index is 13.0. The molecule has 1 N–H and O–H groups in total. The van der Waals surface area contributed by atoms with Gasteiger partial charge in [0.05, 0.1) is 5.56 Å². The smallest absolute Gasteiger partial charge is 0.313 e. The molecule has 0 spiro atoms. The van der Waals surface area contributed by atoms with Crippen LogP contribution in [-0.4, -0.2) is 7.05 Å². The first-order chi connectivity index (χ1) is 9.02. The minimum absolute atomic E-state index is 0.297. The number of alkyl halides is 3. The SMILES string of the molecule is CNC(Cc1cccs1)c1ccccc1C(F)(F)F. The minimum atomic E-state index is -4.32. The predicted octanol–water partition coefficient (Wildman–Crippen LogP) is 4.27. The Morgan fingerprint density at radius 1 is 1.16 bits per heavy atom. The summed E-state index contributed by atoms with van der Waals surface area (Å²) in [5, 5.41) is 4.90. The molecule has 0 aliphatic heterocycles. The van der Waals surface area contributed by atoms with Gasteiger partial charge in [-0.15, -0.1) is 11.3 Å². The molecule has 0 saturated heterocycles. The van der Waals surface area contributed by atoms with Crippen LogP contribution in [-0.2, 0) is 12.6 Å². The number of hydrogen-bond acceptors (Lipinski definition) is 2. The zero-order valence-electron chi connectivity index (χ0n) is 10.4. The van der Waals surface area contributed by atoms with Gasteiger partial charge in [0.15, 0.2) is 0 Å². The van der Waals surface area contributed by atoms with E-state index in [1.807, 2.05) is 17.5 Å². The van der Waals surface area contributed by atoms with Crippen molar-refractivity contribution in [2.24, 2.45) is 0 Å². The van der Waals surface area contributed by atoms with Crippen LogP contribution in [0.5, 0.6) is 0 Å². The highest BCUT2D eigenvalue weighted by Gasteiger charge is 2.34. The molecule has 0 fully saturated rings. The summed E-state index contributed by atoms with van der Waals surface area (Å²) in [5.41, 5.74) is -0.267. The Balaban J connectivity index is 2.33. The molecule has 0 bridgehead atoms. The topological polar surface area (TPSA) is 12.0 Å². The summed E-state index contributed by atoms with van der Waals surface area (Å²) in [4.78, 5) is 1.07. The highest BCUT2D eigenvalue weighted by atomic mass is 32.1. The second kappa shape index (κ2) is 5.75. The predicted molar refractivity (Wildman–Crippen MR) is 71.3 cm³/mol. The number of thiophene rings is 1. The van der Waals surface area contributed by atoms with E-state index in [0.29, 0.717) is 12.0 Å². The quantitative estimate of drug-likeness (QED) is 0.884. The van der Waals surface area contributed by atoms with Crippen molar-refractivity contribution in [2.45, 2.75) is 18.6 Å². The molecule has 2 rings (SSSR count). The Hall–Kier alpha value is -1.33. The largest absolute Gasteiger partial charge is 0.416 e. The zero-order chi connectivity index (χ0) is 13.9. The molecule has 1 nitrogen and oxygen atoms in total. The molecular formula is C14H14F3NS. The highest BCUT2D eigenvalue weighted by molar-refractivity contribution is 7.09. The lowest BCUT2D eigenvalue weighted by molar-refractivity contribution is -0.138. The monoisotopic (exact) mass is 285 g/mol. The van der Waals surface area contributed by atoms with Crippen LogP contribution < -0.4 is 5.32 Å². The third-order valence-corrected chi connectivity index (χ3v) is 3.87. The summed E-state index contributed by atoms with van der Waals surface area (Å²) in [6.07, 6.45) is -3.76. The van der Waals surface area contributed by atoms with Crippen LogP contribution in [0, 0.1) is 0 Å². The number of hydrogen-bond donors (Lipinski definition) is 1. The zero-order valence-corrected chi connectivity index (χ0v) is 11.2. The molecule has 0 amide bonds. The summed E-state index contributed by atoms with van der Waals surface area (Å²) in [6.45, 7) is 0. The lowest BCUT2D eigenvalue weighted by atomic mass is 9.97. The van der Waals surface area contributed by atoms with Gasteiger partial charge >= 0.3 is 6.18 Å². The van der Waals surface area contributed by atoms with Crippen molar-refractivity contribution in [2.75, 3.05) is 7.05 Å². The Bertz CT molecular complexity index is 520. The average Bonchev–Trinajstić information content (AvgIpc) is 2.88. The summed E-state index contributed by atoms with van der Waals surface area (Å²) in [7, 11) is 1.69. The average molecular weight is 285 g/mol. The van der Waals surface area contributed by atoms with Crippen molar-refractivity contribution >= 4 is 11.3 Å². The van der Waals surface area contributed by atoms with Crippen LogP contribution >= 0.6 is 11.3 Å². The standard InChI is InChI=1S/C14H14F3NS/c1-18-13(9-10-5-4-8-19-10)11-6-2-3-7-12(11)14(15,16)17/h2-8,13,18H,9H2,1H3. The minimum Gasteiger partial charge on any atom is -0.313 e. The third kappa shape index (κ3) is 3.36. The fourth-order valence-electron chi connectivity index (χ4n) is 2.06. The van der Waals surface area contributed by atoms with E-state index in [2.05, 4.69) is 5.32 Å². The van der Waals surface area contributed by atoms with Gasteiger partial charge in [0.1, 0.15) is 0 Å². The molecule has 0 saturated carbocycles. The summed E-state index contributed by atoms with van der Waals surface area (Å²) in [6, 6.07) is 9.24. The first kappa shape index (κ1) is 14.1. The van der Waals surface area contributed by atoms with E-state index in [1.165, 1.54) is 12.1 Å². The van der Waals surface area contributed by atoms with Crippen LogP contribution in [0.1, 0.15) is 22.0 Å². The molecule has 0 aliphatic rings. The second-order valence-electron chi connectivity index (χ2n) is 4.21. The molecule has 2 aromatic rings. The number of halogens is 3. The van der Waals surface area contributed by atoms with Crippen molar-refractivity contribution in [3.05, 3.63) is 57.8 Å². The maximum Gasteiger partial charge on any atom is 0.416 e. The number of rotatable bonds is 4. The molecule has 0 aliphatic carbocycles. The Labute approximate surface area is 114 Å². The molecule has 0 radical (unpaired) electrons. The molecule has 1 aromatic heterocycles. The Morgan fingerprint density at radius 3 is 2.47 bits per heavy atom. The Kier molecular flexibility index (Phi) is 4.27. The fraction of sp³-hybridized carbons (Fsp3) is 0.286. The summed E-state index contributed by atoms with van der Waals surface area (Å²) < 4.78 is 39.0. The molecule has 1 aromatic carbocycles. The van der Waals surface area contributed by atoms with Crippen LogP contribution in [0.2, 0.25) is 0 Å². The molecule has 1 heterocycles. The normalized spacial score (nSPS) is 13.5. The van der Waals surface area contributed by atoms with E-state index in [-0.39, 0.29) is 6.04 Å². The fourth-order valence-corrected chi connectivity index (χ4v) is 2.81. The van der Waals surface area contributed by atoms with Gasteiger partial charge in [-0.1, -0.05) is 24.3 Å². The van der Waals surface area contributed by atoms with E-state index >= 15 is 0 Å². The van der Waals surface area contributed by atoms with Crippen LogP contribution in [0.15, 0.2) is 41.8 Å². The first-order valence-electron chi connectivity index (χ1n) is 5.88. The van der Waals surface area contributed by atoms with Gasteiger partial charge in [-0.25, -0.2) is 0 Å². The van der Waals surface area contributed by atoms with E-state index in [4.69, 9.17) is 0 Å². The van der Waals surface area contributed by atoms with Gasteiger partial charge in [0, 0.05) is 17.3 Å². The maximum atomic E-state index is 13.0. The molecule has 1 unspecified atom stereocenters. The molecule has 102 valence electrons. The van der Waals surface area contributed by atoms with Gasteiger partial charge in [0.2, 0.25) is 0 Å². The van der Waals surface area contributed by atoms with Crippen molar-refractivity contribution in [1.29, 1.82) is 0 Å². The Morgan fingerprint density at radius 2 is 1.89 bits per heavy atom. The van der Waals surface area contributed by atoms with Crippen molar-refractivity contribution in [3.63, 3.8) is 0 Å². The molecule has 1 atom stereocenters. The van der Waals surface area contributed by atoms with Crippen molar-refractivity contribution in [1.82, 2.24) is 5.32 Å². The van der Waals surface area contributed by atoms with Gasteiger partial charge in [-0.05, 0) is 30.1 Å². The van der Waals surface area contributed by atoms with E-state index < -0.39 is 11.7 Å². The van der Waals surface area contributed by atoms with Gasteiger partial charge < -0.3 is 5.32 Å². The van der Waals surface area contributed by atoms with E-state index in [9.17, 15) is 13.2 Å². The van der Waals surface area contributed by atoms with Gasteiger partial charge in [0.25, 0.3) is 0 Å². The van der Waals surface area contributed by atoms with E-state index in [1.54, 1.807) is 24.5 Å². The van der Waals surface area contributed by atoms with E-state index in [0.717, 1.165) is 10.9 Å². The van der Waals surface area contributed by atoms with Crippen LogP contribution in [0.3, 0.4) is 0 Å². The molecule has 5 heteroatoms. The third-order valence-electron chi connectivity index (χ3n) is 2.98. The molecular weight excluding hydrogens is 271 g/mol. The van der Waals surface area contributed by atoms with Crippen molar-refractivity contribution < 1.29 is 13.2 Å². The lowest BCUT2D eigenvalue weighted by Gasteiger charge is -2.20. The van der Waals surface area contributed by atoms with Gasteiger partial charge in [-0.3, -0.25) is 0 Å². The van der Waals surface area contributed by atoms with Crippen molar-refractivity contribution in [3.8, 4) is 0 Å². The van der Waals surface area contributed by atoms with Gasteiger partial charge in [-0.2, -0.15) is 13.2 Å². The lowest BCUT2D eigenvalue weighted by Crippen LogP contribution is -2.22. The molecule has 19 heavy (non-hydrogen) atoms. The van der Waals surface area contributed by atoms with Crippen LogP contribution in [0.4, 0.5) is 13.2 Å². The summed E-state index contributed by atoms with van der Waals surface area (Å²) >= 11 is 1.55. The summed E-state index contributed by atoms with van der Waals surface area (Å²) in [5.74, 6) is 0.